The molecule has 0 fully saturated rings. The summed E-state index contributed by atoms with van der Waals surface area (Å²) < 4.78 is 5.66. The molecule has 0 aliphatic heterocycles. The summed E-state index contributed by atoms with van der Waals surface area (Å²) in [6, 6.07) is 11.6. The Morgan fingerprint density at radius 1 is 1.21 bits per heavy atom. The summed E-state index contributed by atoms with van der Waals surface area (Å²) in [6.45, 7) is 2.38. The van der Waals surface area contributed by atoms with Gasteiger partial charge in [0.15, 0.2) is 10.8 Å². The Morgan fingerprint density at radius 3 is 2.71 bits per heavy atom. The highest BCUT2D eigenvalue weighted by molar-refractivity contribution is 6.46. The largest absolute Gasteiger partial charge is 0.493 e. The van der Waals surface area contributed by atoms with Gasteiger partial charge in [-0.05, 0) is 23.8 Å². The number of fused-ring (bicyclic) bond motifs is 1. The van der Waals surface area contributed by atoms with E-state index in [-0.39, 0.29) is 26.6 Å². The van der Waals surface area contributed by atoms with E-state index in [4.69, 9.17) is 45.3 Å². The van der Waals surface area contributed by atoms with E-state index in [1.54, 1.807) is 0 Å². The van der Waals surface area contributed by atoms with Crippen molar-refractivity contribution in [2.75, 3.05) is 12.3 Å². The van der Waals surface area contributed by atoms with Crippen LogP contribution < -0.4 is 15.9 Å². The van der Waals surface area contributed by atoms with Crippen LogP contribution in [0.3, 0.4) is 0 Å². The molecule has 0 bridgehead atoms. The summed E-state index contributed by atoms with van der Waals surface area (Å²) in [7, 11) is 0. The number of aromatic nitrogens is 1. The molecule has 6 nitrogen and oxygen atoms in total. The van der Waals surface area contributed by atoms with Crippen LogP contribution in [0.4, 0.5) is 5.69 Å². The van der Waals surface area contributed by atoms with Gasteiger partial charge in [0.1, 0.15) is 10.8 Å². The lowest BCUT2D eigenvalue weighted by Gasteiger charge is -2.10. The van der Waals surface area contributed by atoms with Gasteiger partial charge in [0.05, 0.1) is 23.5 Å². The topological polar surface area (TPSA) is 89.6 Å². The molecule has 0 spiro atoms. The number of nitrogens with two attached hydrogens (primary N) is 1. The first-order chi connectivity index (χ1) is 13.4. The molecule has 0 radical (unpaired) electrons. The molecule has 0 atom stereocenters. The van der Waals surface area contributed by atoms with Crippen molar-refractivity contribution in [3.63, 3.8) is 0 Å². The summed E-state index contributed by atoms with van der Waals surface area (Å²) in [5.74, 6) is -0.0288. The van der Waals surface area contributed by atoms with Crippen molar-refractivity contribution in [1.29, 1.82) is 0 Å². The van der Waals surface area contributed by atoms with E-state index < -0.39 is 5.91 Å². The third-order valence-electron chi connectivity index (χ3n) is 3.88. The first-order valence-electron chi connectivity index (χ1n) is 8.22. The number of hydrogen-bond acceptors (Lipinski definition) is 5. The molecule has 3 aromatic rings. The molecule has 0 saturated heterocycles. The van der Waals surface area contributed by atoms with Crippen LogP contribution in [0.25, 0.3) is 10.8 Å². The highest BCUT2D eigenvalue weighted by atomic mass is 35.5. The zero-order valence-electron chi connectivity index (χ0n) is 14.7. The van der Waals surface area contributed by atoms with Gasteiger partial charge in [-0.2, -0.15) is 5.10 Å². The SMILES string of the molecule is CCOc1ccc2ccccc2c1/C=N/NC(=O)c1nc(Cl)c(Cl)c(N)c1Cl. The van der Waals surface area contributed by atoms with Crippen molar-refractivity contribution in [3.8, 4) is 5.75 Å². The summed E-state index contributed by atoms with van der Waals surface area (Å²) in [6.07, 6.45) is 1.50. The van der Waals surface area contributed by atoms with E-state index >= 15 is 0 Å². The molecular weight excluding hydrogens is 423 g/mol. The predicted molar refractivity (Wildman–Crippen MR) is 114 cm³/mol. The fourth-order valence-electron chi connectivity index (χ4n) is 2.58. The number of amides is 1. The van der Waals surface area contributed by atoms with E-state index in [9.17, 15) is 4.79 Å². The molecule has 0 aliphatic carbocycles. The van der Waals surface area contributed by atoms with Crippen molar-refractivity contribution in [3.05, 3.63) is 62.9 Å². The van der Waals surface area contributed by atoms with Crippen LogP contribution in [0.5, 0.6) is 5.75 Å². The highest BCUT2D eigenvalue weighted by Crippen LogP contribution is 2.34. The van der Waals surface area contributed by atoms with Gasteiger partial charge in [-0.1, -0.05) is 65.1 Å². The fraction of sp³-hybridized carbons (Fsp3) is 0.105. The molecule has 28 heavy (non-hydrogen) atoms. The standard InChI is InChI=1S/C19H15Cl3N4O2/c1-2-28-13-8-7-10-5-3-4-6-11(10)12(13)9-24-26-19(27)17-14(20)16(23)15(21)18(22)25-17/h3-9H,2H2,1H3,(H2,23,25)(H,26,27)/b24-9+. The summed E-state index contributed by atoms with van der Waals surface area (Å²) in [4.78, 5) is 16.3. The number of benzene rings is 2. The number of rotatable bonds is 5. The lowest BCUT2D eigenvalue weighted by Crippen LogP contribution is -2.20. The number of carbonyl (C=O) groups excluding carboxylic acids is 1. The van der Waals surface area contributed by atoms with Gasteiger partial charge in [0, 0.05) is 5.56 Å². The minimum absolute atomic E-state index is 0.0103. The number of nitrogens with one attached hydrogen (secondary N) is 1. The van der Waals surface area contributed by atoms with Crippen LogP contribution in [-0.2, 0) is 0 Å². The molecule has 0 aliphatic rings. The maximum atomic E-state index is 12.4. The van der Waals surface area contributed by atoms with E-state index in [0.717, 1.165) is 16.3 Å². The minimum Gasteiger partial charge on any atom is -0.493 e. The molecule has 9 heteroatoms. The monoisotopic (exact) mass is 436 g/mol. The van der Waals surface area contributed by atoms with Crippen molar-refractivity contribution in [2.45, 2.75) is 6.92 Å². The Labute approximate surface area is 176 Å². The molecule has 1 amide bonds. The number of anilines is 1. The van der Waals surface area contributed by atoms with Crippen LogP contribution >= 0.6 is 34.8 Å². The van der Waals surface area contributed by atoms with Gasteiger partial charge in [-0.15, -0.1) is 0 Å². The third-order valence-corrected chi connectivity index (χ3v) is 5.01. The molecular formula is C19H15Cl3N4O2. The number of pyridine rings is 1. The molecule has 1 heterocycles. The van der Waals surface area contributed by atoms with Gasteiger partial charge < -0.3 is 10.5 Å². The van der Waals surface area contributed by atoms with Crippen molar-refractivity contribution >= 4 is 63.4 Å². The quantitative estimate of drug-likeness (QED) is 0.336. The lowest BCUT2D eigenvalue weighted by atomic mass is 10.0. The first kappa shape index (κ1) is 20.2. The van der Waals surface area contributed by atoms with Crippen molar-refractivity contribution in [1.82, 2.24) is 10.4 Å². The van der Waals surface area contributed by atoms with E-state index in [2.05, 4.69) is 15.5 Å². The van der Waals surface area contributed by atoms with Crippen molar-refractivity contribution < 1.29 is 9.53 Å². The summed E-state index contributed by atoms with van der Waals surface area (Å²) >= 11 is 17.8. The zero-order valence-corrected chi connectivity index (χ0v) is 16.9. The second-order valence-electron chi connectivity index (χ2n) is 5.62. The average Bonchev–Trinajstić information content (AvgIpc) is 2.70. The Hall–Kier alpha value is -2.54. The van der Waals surface area contributed by atoms with Gasteiger partial charge in [0.25, 0.3) is 5.91 Å². The Bertz CT molecular complexity index is 1090. The molecule has 3 rings (SSSR count). The number of carbonyl (C=O) groups is 1. The van der Waals surface area contributed by atoms with E-state index in [0.29, 0.717) is 12.4 Å². The zero-order chi connectivity index (χ0) is 20.3. The normalized spacial score (nSPS) is 11.1. The first-order valence-corrected chi connectivity index (χ1v) is 9.35. The van der Waals surface area contributed by atoms with E-state index in [1.165, 1.54) is 6.21 Å². The van der Waals surface area contributed by atoms with Crippen LogP contribution in [0, 0.1) is 0 Å². The molecule has 144 valence electrons. The third kappa shape index (κ3) is 3.99. The van der Waals surface area contributed by atoms with Crippen LogP contribution in [0.1, 0.15) is 23.0 Å². The molecule has 3 N–H and O–H groups in total. The Kier molecular flexibility index (Phi) is 6.24. The highest BCUT2D eigenvalue weighted by Gasteiger charge is 2.19. The molecule has 0 unspecified atom stereocenters. The van der Waals surface area contributed by atoms with Gasteiger partial charge in [-0.25, -0.2) is 10.4 Å². The second-order valence-corrected chi connectivity index (χ2v) is 6.74. The van der Waals surface area contributed by atoms with E-state index in [1.807, 2.05) is 43.3 Å². The molecule has 2 aromatic carbocycles. The van der Waals surface area contributed by atoms with Gasteiger partial charge >= 0.3 is 0 Å². The predicted octanol–water partition coefficient (Wildman–Crippen LogP) is 4.94. The van der Waals surface area contributed by atoms with Gasteiger partial charge in [0.2, 0.25) is 0 Å². The van der Waals surface area contributed by atoms with Crippen LogP contribution in [-0.4, -0.2) is 23.7 Å². The van der Waals surface area contributed by atoms with Gasteiger partial charge in [-0.3, -0.25) is 4.79 Å². The lowest BCUT2D eigenvalue weighted by molar-refractivity contribution is 0.0950. The number of nitrogen functional groups attached to an aromatic ring is 1. The average molecular weight is 438 g/mol. The number of nitrogens with zero attached hydrogens (tertiary/aromatic N) is 2. The summed E-state index contributed by atoms with van der Waals surface area (Å²) in [5, 5.41) is 5.73. The number of hydrazone groups is 1. The number of halogens is 3. The molecule has 0 saturated carbocycles. The maximum absolute atomic E-state index is 12.4. The minimum atomic E-state index is -0.676. The van der Waals surface area contributed by atoms with Crippen LogP contribution in [0.15, 0.2) is 41.5 Å². The number of ether oxygens (including phenoxy) is 1. The van der Waals surface area contributed by atoms with Crippen molar-refractivity contribution in [2.24, 2.45) is 5.10 Å². The summed E-state index contributed by atoms with van der Waals surface area (Å²) in [5.41, 5.74) is 8.63. The maximum Gasteiger partial charge on any atom is 0.291 e. The fourth-order valence-corrected chi connectivity index (χ4v) is 3.17. The van der Waals surface area contributed by atoms with Crippen LogP contribution in [0.2, 0.25) is 15.2 Å². The number of hydrogen-bond donors (Lipinski definition) is 2. The Morgan fingerprint density at radius 2 is 1.96 bits per heavy atom. The molecule has 1 aromatic heterocycles. The smallest absolute Gasteiger partial charge is 0.291 e. The Balaban J connectivity index is 1.91. The second kappa shape index (κ2) is 8.65.